The van der Waals surface area contributed by atoms with Crippen LogP contribution in [0.25, 0.3) is 22.2 Å². The molecule has 76 valence electrons. The Bertz CT molecular complexity index is 618. The van der Waals surface area contributed by atoms with Crippen LogP contribution < -0.4 is 0 Å². The molecule has 0 amide bonds. The van der Waals surface area contributed by atoms with Gasteiger partial charge in [0, 0.05) is 17.1 Å². The molecule has 5 nitrogen and oxygen atoms in total. The molecule has 0 saturated carbocycles. The van der Waals surface area contributed by atoms with E-state index >= 15 is 0 Å². The summed E-state index contributed by atoms with van der Waals surface area (Å²) >= 11 is 0. The second-order valence-electron chi connectivity index (χ2n) is 3.28. The Balaban J connectivity index is 2.32. The Labute approximate surface area is 91.2 Å². The Morgan fingerprint density at radius 2 is 1.88 bits per heavy atom. The lowest BCUT2D eigenvalue weighted by atomic mass is 10.1. The second kappa shape index (κ2) is 3.62. The predicted octanol–water partition coefficient (Wildman–Crippen LogP) is 1.48. The molecule has 3 rings (SSSR count). The minimum atomic E-state index is 0.804. The van der Waals surface area contributed by atoms with Crippen molar-refractivity contribution in [3.8, 4) is 11.3 Å². The number of hydrogen-bond donors (Lipinski definition) is 0. The van der Waals surface area contributed by atoms with Gasteiger partial charge in [0.05, 0.1) is 17.4 Å². The van der Waals surface area contributed by atoms with Crippen LogP contribution in [0, 0.1) is 0 Å². The average molecular weight is 209 g/mol. The van der Waals surface area contributed by atoms with Crippen molar-refractivity contribution in [1.82, 2.24) is 25.6 Å². The van der Waals surface area contributed by atoms with Crippen LogP contribution in [0.5, 0.6) is 0 Å². The fourth-order valence-corrected chi connectivity index (χ4v) is 1.60. The first-order valence-electron chi connectivity index (χ1n) is 4.80. The first kappa shape index (κ1) is 8.84. The molecule has 0 spiro atoms. The molecule has 0 aliphatic rings. The zero-order valence-electron chi connectivity index (χ0n) is 8.28. The monoisotopic (exact) mass is 209 g/mol. The Kier molecular flexibility index (Phi) is 2.00. The fourth-order valence-electron chi connectivity index (χ4n) is 1.60. The molecule has 1 aromatic carbocycles. The molecule has 16 heavy (non-hydrogen) atoms. The summed E-state index contributed by atoms with van der Waals surface area (Å²) in [5.41, 5.74) is 2.58. The van der Waals surface area contributed by atoms with Gasteiger partial charge in [-0.3, -0.25) is 0 Å². The summed E-state index contributed by atoms with van der Waals surface area (Å²) in [7, 11) is 0. The van der Waals surface area contributed by atoms with E-state index in [9.17, 15) is 0 Å². The normalized spacial score (nSPS) is 10.5. The summed E-state index contributed by atoms with van der Waals surface area (Å²) < 4.78 is 0. The van der Waals surface area contributed by atoms with Crippen LogP contribution in [-0.4, -0.2) is 25.6 Å². The van der Waals surface area contributed by atoms with Crippen LogP contribution in [-0.2, 0) is 0 Å². The maximum absolute atomic E-state index is 4.07. The summed E-state index contributed by atoms with van der Waals surface area (Å²) in [6, 6.07) is 9.53. The van der Waals surface area contributed by atoms with Crippen molar-refractivity contribution in [3.63, 3.8) is 0 Å². The molecule has 2 heterocycles. The fraction of sp³-hybridized carbons (Fsp3) is 0. The van der Waals surface area contributed by atoms with Gasteiger partial charge in [-0.05, 0) is 23.4 Å². The number of hydrogen-bond acceptors (Lipinski definition) is 5. The maximum Gasteiger partial charge on any atom is 0.0970 e. The van der Waals surface area contributed by atoms with E-state index in [0.29, 0.717) is 0 Å². The lowest BCUT2D eigenvalue weighted by Gasteiger charge is -2.02. The topological polar surface area (TPSA) is 64.5 Å². The Morgan fingerprint density at radius 3 is 2.75 bits per heavy atom. The molecular weight excluding hydrogens is 202 g/mol. The van der Waals surface area contributed by atoms with E-state index in [-0.39, 0.29) is 0 Å². The zero-order chi connectivity index (χ0) is 10.8. The smallest absolute Gasteiger partial charge is 0.0970 e. The van der Waals surface area contributed by atoms with E-state index in [1.54, 1.807) is 12.4 Å². The highest BCUT2D eigenvalue weighted by Crippen LogP contribution is 2.24. The molecule has 3 aromatic rings. The highest BCUT2D eigenvalue weighted by Gasteiger charge is 2.05. The van der Waals surface area contributed by atoms with Crippen LogP contribution in [0.4, 0.5) is 0 Å². The molecule has 0 aliphatic heterocycles. The first-order valence-corrected chi connectivity index (χ1v) is 4.80. The largest absolute Gasteiger partial charge is 0.159 e. The lowest BCUT2D eigenvalue weighted by Crippen LogP contribution is -1.91. The second-order valence-corrected chi connectivity index (χ2v) is 3.28. The van der Waals surface area contributed by atoms with Gasteiger partial charge in [0.1, 0.15) is 0 Å². The van der Waals surface area contributed by atoms with E-state index < -0.39 is 0 Å². The Morgan fingerprint density at radius 1 is 0.875 bits per heavy atom. The Hall–Kier alpha value is -2.43. The molecule has 5 heteroatoms. The predicted molar refractivity (Wildman–Crippen MR) is 58.4 cm³/mol. The molecule has 0 atom stereocenters. The van der Waals surface area contributed by atoms with Gasteiger partial charge in [-0.1, -0.05) is 12.1 Å². The minimum absolute atomic E-state index is 0.804. The molecule has 0 bridgehead atoms. The van der Waals surface area contributed by atoms with Crippen LogP contribution >= 0.6 is 0 Å². The van der Waals surface area contributed by atoms with Gasteiger partial charge >= 0.3 is 0 Å². The number of nitrogens with zero attached hydrogens (tertiary/aromatic N) is 5. The summed E-state index contributed by atoms with van der Waals surface area (Å²) in [6.07, 6.45) is 3.33. The lowest BCUT2D eigenvalue weighted by molar-refractivity contribution is 0.895. The third-order valence-electron chi connectivity index (χ3n) is 2.32. The quantitative estimate of drug-likeness (QED) is 0.607. The van der Waals surface area contributed by atoms with Crippen molar-refractivity contribution >= 4 is 10.9 Å². The molecule has 0 radical (unpaired) electrons. The third-order valence-corrected chi connectivity index (χ3v) is 2.32. The molecule has 2 aromatic heterocycles. The van der Waals surface area contributed by atoms with Gasteiger partial charge in [-0.25, -0.2) is 0 Å². The van der Waals surface area contributed by atoms with Gasteiger partial charge in [0.25, 0.3) is 0 Å². The SMILES string of the molecule is c1cnnc(-c2cccc3nnncc23)c1. The van der Waals surface area contributed by atoms with Gasteiger partial charge in [0.2, 0.25) is 0 Å². The van der Waals surface area contributed by atoms with E-state index in [0.717, 1.165) is 22.2 Å². The van der Waals surface area contributed by atoms with Crippen LogP contribution in [0.2, 0.25) is 0 Å². The van der Waals surface area contributed by atoms with Gasteiger partial charge in [-0.2, -0.15) is 10.2 Å². The van der Waals surface area contributed by atoms with Gasteiger partial charge < -0.3 is 0 Å². The summed E-state index contributed by atoms with van der Waals surface area (Å²) in [6.45, 7) is 0. The van der Waals surface area contributed by atoms with Crippen molar-refractivity contribution < 1.29 is 0 Å². The molecule has 0 N–H and O–H groups in total. The number of aromatic nitrogens is 5. The van der Waals surface area contributed by atoms with Crippen LogP contribution in [0.1, 0.15) is 0 Å². The van der Waals surface area contributed by atoms with Gasteiger partial charge in [0.15, 0.2) is 0 Å². The van der Waals surface area contributed by atoms with Crippen molar-refractivity contribution in [1.29, 1.82) is 0 Å². The van der Waals surface area contributed by atoms with Gasteiger partial charge in [-0.15, -0.1) is 10.2 Å². The number of rotatable bonds is 1. The third kappa shape index (κ3) is 1.38. The molecule has 0 unspecified atom stereocenters. The summed E-state index contributed by atoms with van der Waals surface area (Å²) in [4.78, 5) is 0. The van der Waals surface area contributed by atoms with E-state index in [1.807, 2.05) is 30.3 Å². The van der Waals surface area contributed by atoms with E-state index in [1.165, 1.54) is 0 Å². The molecule has 0 fully saturated rings. The van der Waals surface area contributed by atoms with Crippen molar-refractivity contribution in [2.45, 2.75) is 0 Å². The molecular formula is C11H7N5. The molecule has 0 aliphatic carbocycles. The maximum atomic E-state index is 4.07. The molecule has 0 saturated heterocycles. The van der Waals surface area contributed by atoms with E-state index in [2.05, 4.69) is 25.6 Å². The zero-order valence-corrected chi connectivity index (χ0v) is 8.28. The van der Waals surface area contributed by atoms with Crippen LogP contribution in [0.15, 0.2) is 42.7 Å². The van der Waals surface area contributed by atoms with Crippen molar-refractivity contribution in [2.75, 3.05) is 0 Å². The van der Waals surface area contributed by atoms with Crippen molar-refractivity contribution in [3.05, 3.63) is 42.7 Å². The number of fused-ring (bicyclic) bond motifs is 1. The standard InChI is InChI=1S/C11H7N5/c1-3-8(10-5-2-6-12-14-10)9-7-13-16-15-11(9)4-1/h1-7H. The summed E-state index contributed by atoms with van der Waals surface area (Å²) in [5, 5.41) is 20.2. The van der Waals surface area contributed by atoms with E-state index in [4.69, 9.17) is 0 Å². The average Bonchev–Trinajstić information content (AvgIpc) is 2.39. The van der Waals surface area contributed by atoms with Crippen molar-refractivity contribution in [2.24, 2.45) is 0 Å². The summed E-state index contributed by atoms with van der Waals surface area (Å²) in [5.74, 6) is 0. The minimum Gasteiger partial charge on any atom is -0.159 e. The highest BCUT2D eigenvalue weighted by molar-refractivity contribution is 5.92. The first-order chi connectivity index (χ1) is 7.95. The number of benzene rings is 1. The van der Waals surface area contributed by atoms with Crippen LogP contribution in [0.3, 0.4) is 0 Å². The highest BCUT2D eigenvalue weighted by atomic mass is 15.3.